The minimum absolute atomic E-state index is 0.346. The van der Waals surface area contributed by atoms with E-state index in [-0.39, 0.29) is 0 Å². The lowest BCUT2D eigenvalue weighted by Crippen LogP contribution is -2.45. The third-order valence-corrected chi connectivity index (χ3v) is 3.40. The van der Waals surface area contributed by atoms with Gasteiger partial charge in [-0.15, -0.1) is 0 Å². The largest absolute Gasteiger partial charge is 0.490 e. The highest BCUT2D eigenvalue weighted by molar-refractivity contribution is 5.84. The summed E-state index contributed by atoms with van der Waals surface area (Å²) in [6.45, 7) is 0. The van der Waals surface area contributed by atoms with Crippen molar-refractivity contribution in [1.29, 1.82) is 0 Å². The number of hydrogen-bond acceptors (Lipinski definition) is 3. The first-order chi connectivity index (χ1) is 8.36. The summed E-state index contributed by atoms with van der Waals surface area (Å²) < 4.78 is 6.02. The van der Waals surface area contributed by atoms with Gasteiger partial charge in [-0.1, -0.05) is 6.07 Å². The Labute approximate surface area is 101 Å². The van der Waals surface area contributed by atoms with Crippen molar-refractivity contribution in [3.05, 3.63) is 36.5 Å². The van der Waals surface area contributed by atoms with Gasteiger partial charge in [0.05, 0.1) is 5.52 Å². The Balaban J connectivity index is 1.81. The van der Waals surface area contributed by atoms with Crippen molar-refractivity contribution in [2.75, 3.05) is 7.05 Å². The summed E-state index contributed by atoms with van der Waals surface area (Å²) in [5.74, 6) is 0.954. The fourth-order valence-corrected chi connectivity index (χ4v) is 2.26. The van der Waals surface area contributed by atoms with Gasteiger partial charge in [0.25, 0.3) is 0 Å². The number of nitrogens with zero attached hydrogens (tertiary/aromatic N) is 1. The normalized spacial score (nSPS) is 23.4. The fraction of sp³-hybridized carbons (Fsp3) is 0.357. The van der Waals surface area contributed by atoms with Crippen molar-refractivity contribution in [3.63, 3.8) is 0 Å². The number of rotatable bonds is 3. The lowest BCUT2D eigenvalue weighted by Gasteiger charge is -2.35. The van der Waals surface area contributed by atoms with Crippen LogP contribution in [-0.2, 0) is 0 Å². The number of pyridine rings is 1. The first-order valence-electron chi connectivity index (χ1n) is 6.04. The summed E-state index contributed by atoms with van der Waals surface area (Å²) in [5, 5.41) is 4.36. The smallest absolute Gasteiger partial charge is 0.129 e. The molecule has 1 aliphatic rings. The molecule has 3 heteroatoms. The highest BCUT2D eigenvalue weighted by Crippen LogP contribution is 2.30. The summed E-state index contributed by atoms with van der Waals surface area (Å²) >= 11 is 0. The van der Waals surface area contributed by atoms with Crippen molar-refractivity contribution in [1.82, 2.24) is 10.3 Å². The van der Waals surface area contributed by atoms with Gasteiger partial charge in [-0.3, -0.25) is 4.98 Å². The molecule has 0 aliphatic heterocycles. The van der Waals surface area contributed by atoms with E-state index < -0.39 is 0 Å². The molecule has 1 heterocycles. The van der Waals surface area contributed by atoms with Crippen LogP contribution < -0.4 is 10.1 Å². The van der Waals surface area contributed by atoms with E-state index in [1.165, 1.54) is 0 Å². The van der Waals surface area contributed by atoms with E-state index in [0.29, 0.717) is 12.1 Å². The number of fused-ring (bicyclic) bond motifs is 1. The summed E-state index contributed by atoms with van der Waals surface area (Å²) in [5.41, 5.74) is 0.995. The zero-order valence-corrected chi connectivity index (χ0v) is 9.89. The van der Waals surface area contributed by atoms with Gasteiger partial charge in [0.15, 0.2) is 0 Å². The predicted molar refractivity (Wildman–Crippen MR) is 68.2 cm³/mol. The molecular formula is C14H16N2O. The lowest BCUT2D eigenvalue weighted by atomic mass is 9.89. The predicted octanol–water partition coefficient (Wildman–Crippen LogP) is 2.36. The number of benzene rings is 1. The molecule has 1 N–H and O–H groups in total. The molecule has 1 saturated carbocycles. The van der Waals surface area contributed by atoms with Crippen LogP contribution in [0.5, 0.6) is 5.75 Å². The van der Waals surface area contributed by atoms with E-state index in [9.17, 15) is 0 Å². The molecule has 0 atom stereocenters. The van der Waals surface area contributed by atoms with Crippen LogP contribution in [0.2, 0.25) is 0 Å². The van der Waals surface area contributed by atoms with Gasteiger partial charge in [-0.25, -0.2) is 0 Å². The van der Waals surface area contributed by atoms with Crippen molar-refractivity contribution < 1.29 is 4.74 Å². The number of aromatic nitrogens is 1. The topological polar surface area (TPSA) is 34.1 Å². The molecule has 17 heavy (non-hydrogen) atoms. The van der Waals surface area contributed by atoms with Crippen LogP contribution in [0.1, 0.15) is 12.8 Å². The monoisotopic (exact) mass is 228 g/mol. The lowest BCUT2D eigenvalue weighted by molar-refractivity contribution is 0.0900. The average molecular weight is 228 g/mol. The molecule has 0 saturated heterocycles. The second-order valence-electron chi connectivity index (χ2n) is 4.52. The third kappa shape index (κ3) is 1.98. The zero-order chi connectivity index (χ0) is 11.7. The van der Waals surface area contributed by atoms with Gasteiger partial charge in [0, 0.05) is 17.6 Å². The van der Waals surface area contributed by atoms with Gasteiger partial charge < -0.3 is 10.1 Å². The number of hydrogen-bond donors (Lipinski definition) is 1. The molecule has 1 aromatic carbocycles. The van der Waals surface area contributed by atoms with Gasteiger partial charge >= 0.3 is 0 Å². The molecule has 0 amide bonds. The molecule has 0 bridgehead atoms. The summed E-state index contributed by atoms with van der Waals surface area (Å²) in [4.78, 5) is 4.33. The summed E-state index contributed by atoms with van der Waals surface area (Å²) in [6, 6.07) is 10.7. The molecule has 2 aromatic rings. The zero-order valence-electron chi connectivity index (χ0n) is 9.89. The maximum Gasteiger partial charge on any atom is 0.129 e. The maximum atomic E-state index is 6.02. The Kier molecular flexibility index (Phi) is 2.69. The molecule has 1 aliphatic carbocycles. The number of nitrogens with one attached hydrogen (secondary N) is 1. The Hall–Kier alpha value is -1.61. The highest BCUT2D eigenvalue weighted by Gasteiger charge is 2.29. The molecule has 0 spiro atoms. The Morgan fingerprint density at radius 3 is 2.94 bits per heavy atom. The molecule has 0 unspecified atom stereocenters. The van der Waals surface area contributed by atoms with Crippen LogP contribution in [0.15, 0.2) is 36.5 Å². The maximum absolute atomic E-state index is 6.02. The Morgan fingerprint density at radius 2 is 2.12 bits per heavy atom. The molecular weight excluding hydrogens is 212 g/mol. The Bertz CT molecular complexity index is 515. The van der Waals surface area contributed by atoms with E-state index >= 15 is 0 Å². The van der Waals surface area contributed by atoms with Gasteiger partial charge in [-0.05, 0) is 44.2 Å². The van der Waals surface area contributed by atoms with E-state index in [4.69, 9.17) is 4.74 Å². The quantitative estimate of drug-likeness (QED) is 0.875. The second-order valence-corrected chi connectivity index (χ2v) is 4.52. The van der Waals surface area contributed by atoms with Gasteiger partial charge in [-0.2, -0.15) is 0 Å². The second kappa shape index (κ2) is 4.34. The van der Waals surface area contributed by atoms with E-state index in [0.717, 1.165) is 29.5 Å². The molecule has 88 valence electrons. The van der Waals surface area contributed by atoms with Crippen molar-refractivity contribution in [2.45, 2.75) is 25.0 Å². The van der Waals surface area contributed by atoms with Gasteiger partial charge in [0.2, 0.25) is 0 Å². The minimum Gasteiger partial charge on any atom is -0.490 e. The first kappa shape index (κ1) is 10.5. The van der Waals surface area contributed by atoms with Gasteiger partial charge in [0.1, 0.15) is 11.9 Å². The van der Waals surface area contributed by atoms with E-state index in [1.807, 2.05) is 37.5 Å². The Morgan fingerprint density at radius 1 is 1.24 bits per heavy atom. The van der Waals surface area contributed by atoms with Crippen molar-refractivity contribution in [3.8, 4) is 5.75 Å². The molecule has 3 nitrogen and oxygen atoms in total. The molecule has 3 rings (SSSR count). The molecule has 0 radical (unpaired) electrons. The SMILES string of the molecule is CNC1CC(Oc2cccc3ncccc23)C1. The van der Waals surface area contributed by atoms with E-state index in [1.54, 1.807) is 0 Å². The summed E-state index contributed by atoms with van der Waals surface area (Å²) in [6.07, 6.45) is 4.34. The fourth-order valence-electron chi connectivity index (χ4n) is 2.26. The number of ether oxygens (including phenoxy) is 1. The van der Waals surface area contributed by atoms with Crippen LogP contribution >= 0.6 is 0 Å². The van der Waals surface area contributed by atoms with Crippen LogP contribution in [-0.4, -0.2) is 24.2 Å². The first-order valence-corrected chi connectivity index (χ1v) is 6.04. The van der Waals surface area contributed by atoms with Crippen molar-refractivity contribution >= 4 is 10.9 Å². The van der Waals surface area contributed by atoms with Crippen LogP contribution in [0.4, 0.5) is 0 Å². The van der Waals surface area contributed by atoms with Crippen LogP contribution in [0.3, 0.4) is 0 Å². The standard InChI is InChI=1S/C14H16N2O/c1-15-10-8-11(9-10)17-14-6-2-5-13-12(14)4-3-7-16-13/h2-7,10-11,15H,8-9H2,1H3. The van der Waals surface area contributed by atoms with Crippen LogP contribution in [0.25, 0.3) is 10.9 Å². The molecule has 1 aromatic heterocycles. The average Bonchev–Trinajstić information content (AvgIpc) is 2.33. The third-order valence-electron chi connectivity index (χ3n) is 3.40. The molecule has 1 fully saturated rings. The highest BCUT2D eigenvalue weighted by atomic mass is 16.5. The minimum atomic E-state index is 0.346. The van der Waals surface area contributed by atoms with E-state index in [2.05, 4.69) is 16.4 Å². The van der Waals surface area contributed by atoms with Crippen LogP contribution in [0, 0.1) is 0 Å². The van der Waals surface area contributed by atoms with Crippen molar-refractivity contribution in [2.24, 2.45) is 0 Å². The summed E-state index contributed by atoms with van der Waals surface area (Å²) in [7, 11) is 2.00.